The van der Waals surface area contributed by atoms with E-state index in [9.17, 15) is 9.50 Å². The summed E-state index contributed by atoms with van der Waals surface area (Å²) in [6.45, 7) is 5.98. The number of phenolic OH excluding ortho intramolecular Hbond substituents is 1. The Morgan fingerprint density at radius 1 is 1.10 bits per heavy atom. The fourth-order valence-corrected chi connectivity index (χ4v) is 4.00. The van der Waals surface area contributed by atoms with Crippen LogP contribution >= 0.6 is 0 Å². The van der Waals surface area contributed by atoms with Gasteiger partial charge in [0, 0.05) is 50.4 Å². The first-order valence-corrected chi connectivity index (χ1v) is 10.9. The largest absolute Gasteiger partial charge is 0.508 e. The molecule has 4 rings (SSSR count). The van der Waals surface area contributed by atoms with Gasteiger partial charge in [-0.3, -0.25) is 4.90 Å². The van der Waals surface area contributed by atoms with Crippen LogP contribution in [0.1, 0.15) is 30.3 Å². The van der Waals surface area contributed by atoms with Gasteiger partial charge in [-0.05, 0) is 61.2 Å². The number of benzene rings is 2. The summed E-state index contributed by atoms with van der Waals surface area (Å²) in [5.41, 5.74) is 3.41. The zero-order chi connectivity index (χ0) is 21.6. The van der Waals surface area contributed by atoms with Crippen molar-refractivity contribution in [2.45, 2.75) is 38.8 Å². The molecular weight excluding hydrogens is 391 g/mol. The van der Waals surface area contributed by atoms with Crippen LogP contribution in [0.15, 0.2) is 54.7 Å². The van der Waals surface area contributed by atoms with Crippen molar-refractivity contribution < 1.29 is 9.50 Å². The van der Waals surface area contributed by atoms with E-state index in [0.717, 1.165) is 56.0 Å². The molecule has 1 saturated heterocycles. The van der Waals surface area contributed by atoms with Crippen LogP contribution in [0.2, 0.25) is 0 Å². The van der Waals surface area contributed by atoms with Crippen LogP contribution in [-0.2, 0) is 19.4 Å². The van der Waals surface area contributed by atoms with E-state index >= 15 is 0 Å². The lowest BCUT2D eigenvalue weighted by molar-refractivity contribution is 0.165. The number of piperazine rings is 1. The standard InChI is InChI=1S/C25H29FN4O/c1-18-16-27-13-14-30(18)17-20-7-10-23(26)22(15-20)24-11-12-28-25(29-24)4-2-3-19-5-8-21(31)9-6-19/h5-12,15,18,27,31H,2-4,13-14,16-17H2,1H3/t18-/m0/s1. The van der Waals surface area contributed by atoms with Crippen molar-refractivity contribution in [1.82, 2.24) is 20.2 Å². The lowest BCUT2D eigenvalue weighted by Gasteiger charge is -2.34. The third kappa shape index (κ3) is 5.66. The number of rotatable bonds is 7. The van der Waals surface area contributed by atoms with Gasteiger partial charge in [-0.25, -0.2) is 14.4 Å². The second kappa shape index (κ2) is 9.98. The molecule has 5 nitrogen and oxygen atoms in total. The van der Waals surface area contributed by atoms with Crippen LogP contribution in [0.3, 0.4) is 0 Å². The Kier molecular flexibility index (Phi) is 6.89. The second-order valence-electron chi connectivity index (χ2n) is 8.22. The summed E-state index contributed by atoms with van der Waals surface area (Å²) in [5.74, 6) is 0.734. The molecule has 2 N–H and O–H groups in total. The predicted molar refractivity (Wildman–Crippen MR) is 120 cm³/mol. The van der Waals surface area contributed by atoms with Gasteiger partial charge in [0.25, 0.3) is 0 Å². The van der Waals surface area contributed by atoms with E-state index in [0.29, 0.717) is 23.7 Å². The topological polar surface area (TPSA) is 61.3 Å². The molecule has 162 valence electrons. The smallest absolute Gasteiger partial charge is 0.132 e. The van der Waals surface area contributed by atoms with Gasteiger partial charge < -0.3 is 10.4 Å². The maximum Gasteiger partial charge on any atom is 0.132 e. The first-order valence-electron chi connectivity index (χ1n) is 10.9. The third-order valence-corrected chi connectivity index (χ3v) is 5.84. The highest BCUT2D eigenvalue weighted by molar-refractivity contribution is 5.60. The molecule has 0 saturated carbocycles. The Bertz CT molecular complexity index is 1010. The van der Waals surface area contributed by atoms with E-state index in [1.807, 2.05) is 24.3 Å². The molecule has 2 aromatic carbocycles. The van der Waals surface area contributed by atoms with Gasteiger partial charge in [0.05, 0.1) is 5.69 Å². The molecule has 1 fully saturated rings. The monoisotopic (exact) mass is 420 g/mol. The van der Waals surface area contributed by atoms with Crippen molar-refractivity contribution in [3.05, 3.63) is 77.5 Å². The summed E-state index contributed by atoms with van der Waals surface area (Å²) < 4.78 is 14.6. The van der Waals surface area contributed by atoms with Gasteiger partial charge in [-0.1, -0.05) is 18.2 Å². The molecule has 0 spiro atoms. The maximum atomic E-state index is 14.6. The number of aromatic hydroxyl groups is 1. The molecule has 0 bridgehead atoms. The van der Waals surface area contributed by atoms with Gasteiger partial charge >= 0.3 is 0 Å². The van der Waals surface area contributed by atoms with Gasteiger partial charge in [-0.15, -0.1) is 0 Å². The van der Waals surface area contributed by atoms with Crippen LogP contribution in [0.25, 0.3) is 11.3 Å². The van der Waals surface area contributed by atoms with Crippen molar-refractivity contribution in [2.24, 2.45) is 0 Å². The van der Waals surface area contributed by atoms with Gasteiger partial charge in [0.2, 0.25) is 0 Å². The summed E-state index contributed by atoms with van der Waals surface area (Å²) in [4.78, 5) is 11.4. The van der Waals surface area contributed by atoms with Crippen molar-refractivity contribution in [2.75, 3.05) is 19.6 Å². The molecule has 1 atom stereocenters. The fourth-order valence-electron chi connectivity index (χ4n) is 4.00. The van der Waals surface area contributed by atoms with Crippen LogP contribution in [-0.4, -0.2) is 45.7 Å². The van der Waals surface area contributed by atoms with E-state index in [2.05, 4.69) is 27.1 Å². The highest BCUT2D eigenvalue weighted by Gasteiger charge is 2.18. The number of phenols is 1. The fraction of sp³-hybridized carbons (Fsp3) is 0.360. The van der Waals surface area contributed by atoms with Crippen LogP contribution < -0.4 is 5.32 Å². The van der Waals surface area contributed by atoms with Crippen LogP contribution in [0.5, 0.6) is 5.75 Å². The quantitative estimate of drug-likeness (QED) is 0.606. The SMILES string of the molecule is C[C@H]1CNCCN1Cc1ccc(F)c(-c2ccnc(CCCc3ccc(O)cc3)n2)c1. The summed E-state index contributed by atoms with van der Waals surface area (Å²) in [7, 11) is 0. The number of hydrogen-bond donors (Lipinski definition) is 2. The van der Waals surface area contributed by atoms with Crippen molar-refractivity contribution in [1.29, 1.82) is 0 Å². The summed E-state index contributed by atoms with van der Waals surface area (Å²) >= 11 is 0. The number of aryl methyl sites for hydroxylation is 2. The number of nitrogens with zero attached hydrogens (tertiary/aromatic N) is 3. The van der Waals surface area contributed by atoms with Gasteiger partial charge in [-0.2, -0.15) is 0 Å². The Labute approximate surface area is 183 Å². The molecule has 1 aliphatic rings. The van der Waals surface area contributed by atoms with E-state index in [1.165, 1.54) is 0 Å². The summed E-state index contributed by atoms with van der Waals surface area (Å²) in [5, 5.41) is 12.8. The average Bonchev–Trinajstić information content (AvgIpc) is 2.78. The van der Waals surface area contributed by atoms with Gasteiger partial charge in [0.1, 0.15) is 17.4 Å². The van der Waals surface area contributed by atoms with Crippen LogP contribution in [0, 0.1) is 5.82 Å². The van der Waals surface area contributed by atoms with Crippen LogP contribution in [0.4, 0.5) is 4.39 Å². The number of aromatic nitrogens is 2. The maximum absolute atomic E-state index is 14.6. The lowest BCUT2D eigenvalue weighted by Crippen LogP contribution is -2.49. The first-order chi connectivity index (χ1) is 15.1. The molecule has 0 unspecified atom stereocenters. The minimum atomic E-state index is -0.258. The van der Waals surface area contributed by atoms with E-state index < -0.39 is 0 Å². The Balaban J connectivity index is 1.44. The van der Waals surface area contributed by atoms with Crippen molar-refractivity contribution in [3.63, 3.8) is 0 Å². The zero-order valence-corrected chi connectivity index (χ0v) is 17.9. The molecule has 1 aliphatic heterocycles. The van der Waals surface area contributed by atoms with E-state index in [4.69, 9.17) is 0 Å². The van der Waals surface area contributed by atoms with Crippen molar-refractivity contribution >= 4 is 0 Å². The predicted octanol–water partition coefficient (Wildman–Crippen LogP) is 3.96. The van der Waals surface area contributed by atoms with Crippen molar-refractivity contribution in [3.8, 4) is 17.0 Å². The molecule has 2 heterocycles. The zero-order valence-electron chi connectivity index (χ0n) is 17.9. The highest BCUT2D eigenvalue weighted by atomic mass is 19.1. The minimum absolute atomic E-state index is 0.258. The van der Waals surface area contributed by atoms with E-state index in [-0.39, 0.29) is 11.6 Å². The summed E-state index contributed by atoms with van der Waals surface area (Å²) in [6, 6.07) is 14.8. The second-order valence-corrected chi connectivity index (χ2v) is 8.22. The number of hydrogen-bond acceptors (Lipinski definition) is 5. The molecule has 31 heavy (non-hydrogen) atoms. The molecule has 6 heteroatoms. The number of halogens is 1. The lowest BCUT2D eigenvalue weighted by atomic mass is 10.0. The molecule has 0 radical (unpaired) electrons. The number of nitrogens with one attached hydrogen (secondary N) is 1. The molecule has 1 aromatic heterocycles. The average molecular weight is 421 g/mol. The third-order valence-electron chi connectivity index (χ3n) is 5.84. The first kappa shape index (κ1) is 21.4. The minimum Gasteiger partial charge on any atom is -0.508 e. The van der Waals surface area contributed by atoms with E-state index in [1.54, 1.807) is 30.5 Å². The Morgan fingerprint density at radius 3 is 2.71 bits per heavy atom. The Hall–Kier alpha value is -2.83. The molecule has 3 aromatic rings. The summed E-state index contributed by atoms with van der Waals surface area (Å²) in [6.07, 6.45) is 4.19. The highest BCUT2D eigenvalue weighted by Crippen LogP contribution is 2.24. The molecule has 0 amide bonds. The normalized spacial score (nSPS) is 17.0. The Morgan fingerprint density at radius 2 is 1.90 bits per heavy atom. The molecular formula is C25H29FN4O. The van der Waals surface area contributed by atoms with Gasteiger partial charge in [0.15, 0.2) is 0 Å². The molecule has 0 aliphatic carbocycles.